The first-order chi connectivity index (χ1) is 16.5. The number of rotatable bonds is 4. The van der Waals surface area contributed by atoms with Crippen molar-refractivity contribution >= 4 is 10.8 Å². The molecule has 2 fully saturated rings. The first kappa shape index (κ1) is 21.2. The minimum absolute atomic E-state index is 0.107. The number of hydrogen-bond acceptors (Lipinski definition) is 3. The molecular formula is C27H25F2N3O2. The molecule has 2 aromatic heterocycles. The van der Waals surface area contributed by atoms with Gasteiger partial charge in [0.2, 0.25) is 0 Å². The smallest absolute Gasteiger partial charge is 0.258 e. The van der Waals surface area contributed by atoms with Gasteiger partial charge in [-0.15, -0.1) is 0 Å². The highest BCUT2D eigenvalue weighted by Crippen LogP contribution is 2.38. The van der Waals surface area contributed by atoms with Crippen molar-refractivity contribution in [1.82, 2.24) is 14.3 Å². The van der Waals surface area contributed by atoms with Gasteiger partial charge in [0.25, 0.3) is 5.56 Å². The number of pyridine rings is 1. The molecule has 1 aliphatic heterocycles. The van der Waals surface area contributed by atoms with E-state index in [0.29, 0.717) is 41.8 Å². The van der Waals surface area contributed by atoms with E-state index in [-0.39, 0.29) is 23.3 Å². The molecule has 5 nitrogen and oxygen atoms in total. The van der Waals surface area contributed by atoms with Crippen LogP contribution in [0.25, 0.3) is 21.9 Å². The van der Waals surface area contributed by atoms with Gasteiger partial charge in [0.15, 0.2) is 0 Å². The van der Waals surface area contributed by atoms with Crippen LogP contribution in [-0.4, -0.2) is 21.0 Å². The van der Waals surface area contributed by atoms with Crippen molar-refractivity contribution in [2.75, 3.05) is 6.61 Å². The molecule has 0 bridgehead atoms. The van der Waals surface area contributed by atoms with Gasteiger partial charge < -0.3 is 9.30 Å². The van der Waals surface area contributed by atoms with Crippen LogP contribution < -0.4 is 5.56 Å². The summed E-state index contributed by atoms with van der Waals surface area (Å²) in [6.45, 7) is 2.44. The summed E-state index contributed by atoms with van der Waals surface area (Å²) in [6, 6.07) is 9.54. The molecule has 34 heavy (non-hydrogen) atoms. The maximum atomic E-state index is 14.8. The van der Waals surface area contributed by atoms with E-state index < -0.39 is 11.6 Å². The second-order valence-corrected chi connectivity index (χ2v) is 9.45. The lowest BCUT2D eigenvalue weighted by Gasteiger charge is -2.31. The fraction of sp³-hybridized carbons (Fsp3) is 0.333. The summed E-state index contributed by atoms with van der Waals surface area (Å²) in [5, 5.41) is 5.68. The van der Waals surface area contributed by atoms with Crippen molar-refractivity contribution < 1.29 is 13.5 Å². The number of aromatic nitrogens is 3. The third-order valence-corrected chi connectivity index (χ3v) is 6.98. The Balaban J connectivity index is 1.44. The lowest BCUT2D eigenvalue weighted by molar-refractivity contribution is -0.00759. The van der Waals surface area contributed by atoms with Crippen LogP contribution in [0.15, 0.2) is 59.8 Å². The Morgan fingerprint density at radius 3 is 2.62 bits per heavy atom. The number of hydrogen-bond donors (Lipinski definition) is 0. The minimum Gasteiger partial charge on any atom is -0.373 e. The van der Waals surface area contributed by atoms with Crippen LogP contribution in [-0.2, 0) is 4.74 Å². The molecule has 0 amide bonds. The highest BCUT2D eigenvalue weighted by atomic mass is 19.1. The summed E-state index contributed by atoms with van der Waals surface area (Å²) in [7, 11) is 0. The summed E-state index contributed by atoms with van der Waals surface area (Å²) >= 11 is 0. The molecule has 0 N–H and O–H groups in total. The molecule has 1 saturated carbocycles. The Bertz CT molecular complexity index is 1450. The average molecular weight is 462 g/mol. The first-order valence-corrected chi connectivity index (χ1v) is 11.7. The zero-order chi connectivity index (χ0) is 23.4. The van der Waals surface area contributed by atoms with Crippen LogP contribution in [0.3, 0.4) is 0 Å². The molecule has 2 aliphatic rings. The van der Waals surface area contributed by atoms with Gasteiger partial charge in [-0.2, -0.15) is 5.10 Å². The fourth-order valence-corrected chi connectivity index (χ4v) is 4.99. The summed E-state index contributed by atoms with van der Waals surface area (Å²) in [5.74, 6) is -1.28. The van der Waals surface area contributed by atoms with Gasteiger partial charge in [-0.25, -0.2) is 8.78 Å². The van der Waals surface area contributed by atoms with Crippen LogP contribution in [0.2, 0.25) is 0 Å². The lowest BCUT2D eigenvalue weighted by atomic mass is 9.96. The van der Waals surface area contributed by atoms with Crippen molar-refractivity contribution in [1.29, 1.82) is 0 Å². The van der Waals surface area contributed by atoms with Crippen molar-refractivity contribution in [3.63, 3.8) is 0 Å². The lowest BCUT2D eigenvalue weighted by Crippen LogP contribution is -2.30. The van der Waals surface area contributed by atoms with E-state index in [4.69, 9.17) is 4.74 Å². The zero-order valence-electron chi connectivity index (χ0n) is 18.9. The van der Waals surface area contributed by atoms with Crippen molar-refractivity contribution in [2.45, 2.75) is 50.8 Å². The van der Waals surface area contributed by atoms with Gasteiger partial charge in [0, 0.05) is 53.2 Å². The van der Waals surface area contributed by atoms with Crippen LogP contribution >= 0.6 is 0 Å². The standard InChI is InChI=1S/C27H25F2N3O2/c1-16-2-6-21-23(10-16)27(33)31(15-24(21)22-7-3-18(28)11-25(22)29)20-8-9-34-26(12-20)17-13-30-32(14-17)19-4-5-19/h2-3,6-7,10-11,13-15,19-20,26H,4-5,8-9,12H2,1H3. The summed E-state index contributed by atoms with van der Waals surface area (Å²) in [5.41, 5.74) is 2.72. The second kappa shape index (κ2) is 8.17. The zero-order valence-corrected chi connectivity index (χ0v) is 18.9. The van der Waals surface area contributed by atoms with Crippen LogP contribution in [0.5, 0.6) is 0 Å². The second-order valence-electron chi connectivity index (χ2n) is 9.45. The van der Waals surface area contributed by atoms with E-state index in [9.17, 15) is 13.6 Å². The number of fused-ring (bicyclic) bond motifs is 1. The Labute approximate surface area is 195 Å². The fourth-order valence-electron chi connectivity index (χ4n) is 4.99. The molecule has 4 aromatic rings. The summed E-state index contributed by atoms with van der Waals surface area (Å²) in [6.07, 6.45) is 9.10. The SMILES string of the molecule is Cc1ccc2c(-c3ccc(F)cc3F)cn(C3CCOC(c4cnn(C5CC5)c4)C3)c(=O)c2c1. The highest BCUT2D eigenvalue weighted by molar-refractivity contribution is 5.96. The third kappa shape index (κ3) is 3.74. The average Bonchev–Trinajstić information content (AvgIpc) is 3.56. The predicted octanol–water partition coefficient (Wildman–Crippen LogP) is 5.88. The number of halogens is 2. The Kier molecular flexibility index (Phi) is 5.10. The molecule has 2 aromatic carbocycles. The third-order valence-electron chi connectivity index (χ3n) is 6.98. The number of ether oxygens (including phenoxy) is 1. The maximum absolute atomic E-state index is 14.8. The number of benzene rings is 2. The minimum atomic E-state index is -0.649. The largest absolute Gasteiger partial charge is 0.373 e. The van der Waals surface area contributed by atoms with Gasteiger partial charge in [0.1, 0.15) is 11.6 Å². The Morgan fingerprint density at radius 1 is 0.971 bits per heavy atom. The molecule has 2 unspecified atom stereocenters. The van der Waals surface area contributed by atoms with Gasteiger partial charge in [-0.1, -0.05) is 17.7 Å². The first-order valence-electron chi connectivity index (χ1n) is 11.7. The van der Waals surface area contributed by atoms with E-state index >= 15 is 0 Å². The molecule has 174 valence electrons. The van der Waals surface area contributed by atoms with E-state index in [0.717, 1.165) is 30.0 Å². The van der Waals surface area contributed by atoms with Crippen LogP contribution in [0, 0.1) is 18.6 Å². The highest BCUT2D eigenvalue weighted by Gasteiger charge is 2.30. The van der Waals surface area contributed by atoms with Gasteiger partial charge >= 0.3 is 0 Å². The summed E-state index contributed by atoms with van der Waals surface area (Å²) < 4.78 is 38.2. The van der Waals surface area contributed by atoms with E-state index in [1.54, 1.807) is 10.8 Å². The molecule has 1 aliphatic carbocycles. The normalized spacial score (nSPS) is 20.7. The topological polar surface area (TPSA) is 49.0 Å². The molecular weight excluding hydrogens is 436 g/mol. The quantitative estimate of drug-likeness (QED) is 0.381. The molecule has 0 spiro atoms. The van der Waals surface area contributed by atoms with Gasteiger partial charge in [-0.05, 0) is 56.2 Å². The monoisotopic (exact) mass is 461 g/mol. The molecule has 7 heteroatoms. The molecule has 6 rings (SSSR count). The summed E-state index contributed by atoms with van der Waals surface area (Å²) in [4.78, 5) is 13.6. The van der Waals surface area contributed by atoms with Crippen molar-refractivity contribution in [2.24, 2.45) is 0 Å². The van der Waals surface area contributed by atoms with Crippen molar-refractivity contribution in [3.05, 3.63) is 88.1 Å². The van der Waals surface area contributed by atoms with E-state index in [1.165, 1.54) is 12.1 Å². The van der Waals surface area contributed by atoms with Gasteiger partial charge in [-0.3, -0.25) is 9.48 Å². The van der Waals surface area contributed by atoms with Crippen molar-refractivity contribution in [3.8, 4) is 11.1 Å². The number of nitrogens with zero attached hydrogens (tertiary/aromatic N) is 3. The van der Waals surface area contributed by atoms with E-state index in [2.05, 4.69) is 11.3 Å². The van der Waals surface area contributed by atoms with Gasteiger partial charge in [0.05, 0.1) is 18.3 Å². The molecule has 0 radical (unpaired) electrons. The van der Waals surface area contributed by atoms with Crippen LogP contribution in [0.1, 0.15) is 55.0 Å². The van der Waals surface area contributed by atoms with Crippen LogP contribution in [0.4, 0.5) is 8.78 Å². The Morgan fingerprint density at radius 2 is 1.82 bits per heavy atom. The molecule has 3 heterocycles. The molecule has 1 saturated heterocycles. The number of aryl methyl sites for hydroxylation is 1. The Hall–Kier alpha value is -3.32. The molecule has 2 atom stereocenters. The predicted molar refractivity (Wildman–Crippen MR) is 126 cm³/mol. The van der Waals surface area contributed by atoms with E-state index in [1.807, 2.05) is 36.0 Å². The maximum Gasteiger partial charge on any atom is 0.258 e.